The maximum atomic E-state index is 13.2. The van der Waals surface area contributed by atoms with Crippen molar-refractivity contribution in [3.8, 4) is 28.7 Å². The largest absolute Gasteiger partial charge is 0.508 e. The van der Waals surface area contributed by atoms with Crippen molar-refractivity contribution in [2.45, 2.75) is 26.2 Å². The first-order valence-corrected chi connectivity index (χ1v) is 13.6. The number of carbonyl (C=O) groups is 3. The van der Waals surface area contributed by atoms with Crippen LogP contribution in [0, 0.1) is 0 Å². The third-order valence-corrected chi connectivity index (χ3v) is 6.86. The molecule has 0 aromatic heterocycles. The highest BCUT2D eigenvalue weighted by molar-refractivity contribution is 6.37. The maximum absolute atomic E-state index is 13.2. The summed E-state index contributed by atoms with van der Waals surface area (Å²) in [5.74, 6) is -1.88. The third kappa shape index (κ3) is 7.57. The molecule has 3 N–H and O–H groups in total. The highest BCUT2D eigenvalue weighted by atomic mass is 35.5. The molecule has 0 aliphatic heterocycles. The van der Waals surface area contributed by atoms with Crippen molar-refractivity contribution in [3.63, 3.8) is 0 Å². The number of ether oxygens (including phenoxy) is 2. The number of carbonyl (C=O) groups excluding carboxylic acids is 2. The summed E-state index contributed by atoms with van der Waals surface area (Å²) in [6, 6.07) is 19.0. The van der Waals surface area contributed by atoms with Crippen LogP contribution in [0.3, 0.4) is 0 Å². The van der Waals surface area contributed by atoms with Crippen molar-refractivity contribution in [1.82, 2.24) is 0 Å². The molecular formula is C32H27Cl2NO8. The molecule has 0 aliphatic carbocycles. The summed E-state index contributed by atoms with van der Waals surface area (Å²) in [6.45, 7) is 5.41. The first-order chi connectivity index (χ1) is 20.2. The van der Waals surface area contributed by atoms with Gasteiger partial charge in [0.25, 0.3) is 0 Å². The fourth-order valence-corrected chi connectivity index (χ4v) is 4.57. The number of carboxylic acid groups (broad SMARTS) is 1. The number of carboxylic acids is 1. The van der Waals surface area contributed by atoms with Crippen LogP contribution in [-0.2, 0) is 10.2 Å². The second-order valence-corrected chi connectivity index (χ2v) is 11.3. The Morgan fingerprint density at radius 1 is 0.814 bits per heavy atom. The summed E-state index contributed by atoms with van der Waals surface area (Å²) >= 11 is 12.9. The number of amides is 1. The van der Waals surface area contributed by atoms with Crippen LogP contribution in [0.4, 0.5) is 10.5 Å². The van der Waals surface area contributed by atoms with Crippen molar-refractivity contribution in [2.24, 2.45) is 0 Å². The molecule has 0 radical (unpaired) electrons. The van der Waals surface area contributed by atoms with E-state index in [2.05, 4.69) is 20.8 Å². The fraction of sp³-hybridized carbons (Fsp3) is 0.156. The van der Waals surface area contributed by atoms with E-state index < -0.39 is 24.4 Å². The first kappa shape index (κ1) is 31.2. The number of ketones is 1. The molecule has 4 aromatic carbocycles. The quantitative estimate of drug-likeness (QED) is 0.169. The van der Waals surface area contributed by atoms with Gasteiger partial charge in [0.2, 0.25) is 0 Å². The van der Waals surface area contributed by atoms with Crippen LogP contribution < -0.4 is 14.4 Å². The summed E-state index contributed by atoms with van der Waals surface area (Å²) in [6.07, 6.45) is -1.04. The van der Waals surface area contributed by atoms with Crippen molar-refractivity contribution < 1.29 is 39.2 Å². The Kier molecular flexibility index (Phi) is 9.18. The van der Waals surface area contributed by atoms with Crippen molar-refractivity contribution >= 4 is 46.7 Å². The highest BCUT2D eigenvalue weighted by Gasteiger charge is 2.24. The standard InChI is InChI=1S/C32H27Cl2NO8/c1-32(2,3)19-6-4-18(5-7-19)29(40)24-16-23(12-13-27(24)37)42-30-25(33)14-20(15-26(30)34)35(17-28(38)39)31(41)43-22-10-8-21(36)9-11-22/h4-16,36-37H,17H2,1-3H3,(H,38,39). The van der Waals surface area contributed by atoms with E-state index in [0.29, 0.717) is 5.56 Å². The third-order valence-electron chi connectivity index (χ3n) is 6.30. The number of hydrogen-bond donors (Lipinski definition) is 3. The number of aromatic hydroxyl groups is 2. The fourth-order valence-electron chi connectivity index (χ4n) is 4.02. The minimum absolute atomic E-state index is 0.00511. The van der Waals surface area contributed by atoms with Gasteiger partial charge in [-0.3, -0.25) is 14.5 Å². The van der Waals surface area contributed by atoms with Gasteiger partial charge in [-0.15, -0.1) is 0 Å². The number of phenolic OH excluding ortho intramolecular Hbond substituents is 2. The van der Waals surface area contributed by atoms with Crippen LogP contribution in [-0.4, -0.2) is 39.7 Å². The number of benzene rings is 4. The lowest BCUT2D eigenvalue weighted by Gasteiger charge is -2.22. The molecule has 43 heavy (non-hydrogen) atoms. The Morgan fingerprint density at radius 3 is 1.95 bits per heavy atom. The van der Waals surface area contributed by atoms with Crippen LogP contribution in [0.1, 0.15) is 42.3 Å². The van der Waals surface area contributed by atoms with Gasteiger partial charge in [0.05, 0.1) is 21.3 Å². The average Bonchev–Trinajstić information content (AvgIpc) is 2.94. The summed E-state index contributed by atoms with van der Waals surface area (Å²) in [4.78, 5) is 38.4. The lowest BCUT2D eigenvalue weighted by atomic mass is 9.86. The zero-order valence-electron chi connectivity index (χ0n) is 23.3. The number of hydrogen-bond acceptors (Lipinski definition) is 7. The predicted octanol–water partition coefficient (Wildman–Crippen LogP) is 7.82. The van der Waals surface area contributed by atoms with Gasteiger partial charge in [-0.2, -0.15) is 0 Å². The van der Waals surface area contributed by atoms with Gasteiger partial charge in [0.15, 0.2) is 11.5 Å². The van der Waals surface area contributed by atoms with Crippen LogP contribution in [0.5, 0.6) is 28.7 Å². The highest BCUT2D eigenvalue weighted by Crippen LogP contribution is 2.41. The van der Waals surface area contributed by atoms with Crippen LogP contribution in [0.15, 0.2) is 78.9 Å². The number of aliphatic carboxylic acids is 1. The van der Waals surface area contributed by atoms with Crippen LogP contribution in [0.2, 0.25) is 10.0 Å². The van der Waals surface area contributed by atoms with E-state index >= 15 is 0 Å². The molecule has 0 fully saturated rings. The smallest absolute Gasteiger partial charge is 0.420 e. The lowest BCUT2D eigenvalue weighted by Crippen LogP contribution is -2.37. The van der Waals surface area contributed by atoms with Crippen LogP contribution in [0.25, 0.3) is 0 Å². The zero-order valence-corrected chi connectivity index (χ0v) is 24.8. The van der Waals surface area contributed by atoms with Gasteiger partial charge < -0.3 is 24.8 Å². The van der Waals surface area contributed by atoms with Gasteiger partial charge in [0.1, 0.15) is 29.5 Å². The molecule has 1 amide bonds. The molecule has 0 atom stereocenters. The molecule has 0 bridgehead atoms. The zero-order chi connectivity index (χ0) is 31.5. The summed E-state index contributed by atoms with van der Waals surface area (Å²) < 4.78 is 11.1. The molecule has 9 nitrogen and oxygen atoms in total. The van der Waals surface area contributed by atoms with Gasteiger partial charge in [0, 0.05) is 5.56 Å². The average molecular weight is 624 g/mol. The predicted molar refractivity (Wildman–Crippen MR) is 162 cm³/mol. The van der Waals surface area contributed by atoms with E-state index in [0.717, 1.165) is 10.5 Å². The molecule has 4 aromatic rings. The summed E-state index contributed by atoms with van der Waals surface area (Å²) in [7, 11) is 0. The normalized spacial score (nSPS) is 11.1. The number of phenols is 2. The van der Waals surface area contributed by atoms with E-state index in [1.165, 1.54) is 54.6 Å². The molecule has 0 unspecified atom stereocenters. The minimum atomic E-state index is -1.33. The second kappa shape index (κ2) is 12.6. The Morgan fingerprint density at radius 2 is 1.40 bits per heavy atom. The summed E-state index contributed by atoms with van der Waals surface area (Å²) in [5.41, 5.74) is 1.33. The topological polar surface area (TPSA) is 134 Å². The first-order valence-electron chi connectivity index (χ1n) is 12.9. The van der Waals surface area contributed by atoms with Gasteiger partial charge in [-0.25, -0.2) is 4.79 Å². The van der Waals surface area contributed by atoms with Gasteiger partial charge >= 0.3 is 12.1 Å². The molecule has 0 aliphatic rings. The molecule has 0 spiro atoms. The maximum Gasteiger partial charge on any atom is 0.420 e. The SMILES string of the molecule is CC(C)(C)c1ccc(C(=O)c2cc(Oc3c(Cl)cc(N(CC(=O)O)C(=O)Oc4ccc(O)cc4)cc3Cl)ccc2O)cc1. The minimum Gasteiger partial charge on any atom is -0.508 e. The number of rotatable bonds is 8. The van der Waals surface area contributed by atoms with Crippen molar-refractivity contribution in [3.05, 3.63) is 106 Å². The Balaban J connectivity index is 1.59. The Bertz CT molecular complexity index is 1660. The Hall–Kier alpha value is -4.73. The molecule has 222 valence electrons. The summed E-state index contributed by atoms with van der Waals surface area (Å²) in [5, 5.41) is 29.1. The van der Waals surface area contributed by atoms with Crippen molar-refractivity contribution in [1.29, 1.82) is 0 Å². The lowest BCUT2D eigenvalue weighted by molar-refractivity contribution is -0.135. The molecular weight excluding hydrogens is 597 g/mol. The number of nitrogens with zero attached hydrogens (tertiary/aromatic N) is 1. The second-order valence-electron chi connectivity index (χ2n) is 10.5. The van der Waals surface area contributed by atoms with E-state index in [1.807, 2.05) is 12.1 Å². The van der Waals surface area contributed by atoms with Gasteiger partial charge in [-0.05, 0) is 65.6 Å². The molecule has 0 saturated carbocycles. The van der Waals surface area contributed by atoms with E-state index in [9.17, 15) is 29.7 Å². The molecule has 11 heteroatoms. The number of anilines is 1. The number of halogens is 2. The van der Waals surface area contributed by atoms with Crippen LogP contribution >= 0.6 is 23.2 Å². The molecule has 4 rings (SSSR count). The monoisotopic (exact) mass is 623 g/mol. The van der Waals surface area contributed by atoms with Crippen molar-refractivity contribution in [2.75, 3.05) is 11.4 Å². The Labute approximate surface area is 257 Å². The van der Waals surface area contributed by atoms with E-state index in [1.54, 1.807) is 12.1 Å². The van der Waals surface area contributed by atoms with Gasteiger partial charge in [-0.1, -0.05) is 68.2 Å². The van der Waals surface area contributed by atoms with E-state index in [-0.39, 0.29) is 55.5 Å². The molecule has 0 saturated heterocycles. The molecule has 0 heterocycles. The van der Waals surface area contributed by atoms with E-state index in [4.69, 9.17) is 32.7 Å².